The van der Waals surface area contributed by atoms with Gasteiger partial charge in [-0.1, -0.05) is 42.0 Å². The number of ether oxygens (including phenoxy) is 1. The maximum Gasteiger partial charge on any atom is 0.137 e. The van der Waals surface area contributed by atoms with Crippen molar-refractivity contribution in [1.29, 1.82) is 0 Å². The fourth-order valence-electron chi connectivity index (χ4n) is 3.36. The van der Waals surface area contributed by atoms with E-state index in [4.69, 9.17) is 4.74 Å². The van der Waals surface area contributed by atoms with Gasteiger partial charge in [-0.15, -0.1) is 0 Å². The summed E-state index contributed by atoms with van der Waals surface area (Å²) in [5.74, 6) is 0.869. The van der Waals surface area contributed by atoms with Crippen LogP contribution in [0.4, 0.5) is 0 Å². The zero-order valence-electron chi connectivity index (χ0n) is 14.0. The molecule has 0 amide bonds. The van der Waals surface area contributed by atoms with Crippen molar-refractivity contribution in [3.63, 3.8) is 0 Å². The van der Waals surface area contributed by atoms with Crippen molar-refractivity contribution in [3.8, 4) is 5.75 Å². The van der Waals surface area contributed by atoms with Crippen LogP contribution in [0, 0.1) is 13.8 Å². The summed E-state index contributed by atoms with van der Waals surface area (Å²) in [5.41, 5.74) is 5.22. The topological polar surface area (TPSA) is 33.9 Å². The zero-order valence-corrected chi connectivity index (χ0v) is 14.0. The molecule has 3 rings (SSSR count). The molecule has 3 nitrogen and oxygen atoms in total. The minimum absolute atomic E-state index is 0.356. The molecule has 122 valence electrons. The number of aryl methyl sites for hydroxylation is 2. The van der Waals surface area contributed by atoms with Crippen LogP contribution in [-0.2, 0) is 13.0 Å². The number of hydrogen-bond acceptors (Lipinski definition) is 2. The Morgan fingerprint density at radius 3 is 2.70 bits per heavy atom. The van der Waals surface area contributed by atoms with Crippen LogP contribution in [0.1, 0.15) is 22.3 Å². The average molecular weight is 312 g/mol. The van der Waals surface area contributed by atoms with Crippen LogP contribution in [0.25, 0.3) is 0 Å². The van der Waals surface area contributed by atoms with E-state index in [1.165, 1.54) is 21.6 Å². The summed E-state index contributed by atoms with van der Waals surface area (Å²) in [6.45, 7) is 7.29. The smallest absolute Gasteiger partial charge is 0.137 e. The molecule has 0 spiro atoms. The Kier molecular flexibility index (Phi) is 4.99. The van der Waals surface area contributed by atoms with Crippen LogP contribution in [0.3, 0.4) is 0 Å². The van der Waals surface area contributed by atoms with Crippen LogP contribution in [-0.4, -0.2) is 30.9 Å². The first-order valence-corrected chi connectivity index (χ1v) is 8.40. The van der Waals surface area contributed by atoms with Crippen LogP contribution < -0.4 is 9.64 Å². The standard InChI is InChI=1S/C20H25NO2/c1-15-7-8-20(16(2)11-15)23-14-19(22)13-21-10-9-17-5-3-4-6-18(17)12-21/h3-8,11,19,22H,9-10,12-14H2,1-2H3/p+1. The summed E-state index contributed by atoms with van der Waals surface area (Å²) in [5, 5.41) is 10.3. The van der Waals surface area contributed by atoms with Crippen molar-refractivity contribution >= 4 is 0 Å². The molecule has 2 aromatic carbocycles. The van der Waals surface area contributed by atoms with Gasteiger partial charge in [0.25, 0.3) is 0 Å². The molecule has 2 atom stereocenters. The Morgan fingerprint density at radius 2 is 1.91 bits per heavy atom. The fraction of sp³-hybridized carbons (Fsp3) is 0.400. The molecule has 2 aromatic rings. The summed E-state index contributed by atoms with van der Waals surface area (Å²) < 4.78 is 5.80. The largest absolute Gasteiger partial charge is 0.490 e. The van der Waals surface area contributed by atoms with Crippen LogP contribution in [0.2, 0.25) is 0 Å². The molecule has 1 aliphatic heterocycles. The van der Waals surface area contributed by atoms with Crippen LogP contribution in [0.15, 0.2) is 42.5 Å². The lowest BCUT2D eigenvalue weighted by molar-refractivity contribution is -0.918. The third-order valence-corrected chi connectivity index (χ3v) is 4.59. The van der Waals surface area contributed by atoms with E-state index in [0.717, 1.165) is 37.4 Å². The number of fused-ring (bicyclic) bond motifs is 1. The Labute approximate surface area is 138 Å². The molecule has 0 saturated heterocycles. The van der Waals surface area contributed by atoms with Crippen LogP contribution in [0.5, 0.6) is 5.75 Å². The lowest BCUT2D eigenvalue weighted by Gasteiger charge is -2.27. The molecule has 0 saturated carbocycles. The van der Waals surface area contributed by atoms with Crippen molar-refractivity contribution in [2.45, 2.75) is 32.9 Å². The molecule has 0 fully saturated rings. The van der Waals surface area contributed by atoms with Gasteiger partial charge in [0.05, 0.1) is 6.54 Å². The fourth-order valence-corrected chi connectivity index (χ4v) is 3.36. The van der Waals surface area contributed by atoms with Crippen molar-refractivity contribution < 1.29 is 14.7 Å². The van der Waals surface area contributed by atoms with Gasteiger partial charge < -0.3 is 14.7 Å². The molecule has 0 bridgehead atoms. The van der Waals surface area contributed by atoms with Crippen molar-refractivity contribution in [3.05, 3.63) is 64.7 Å². The van der Waals surface area contributed by atoms with E-state index >= 15 is 0 Å². The second-order valence-corrected chi connectivity index (χ2v) is 6.63. The Balaban J connectivity index is 1.51. The molecule has 2 unspecified atom stereocenters. The molecule has 1 heterocycles. The molecular formula is C20H26NO2+. The molecule has 0 radical (unpaired) electrons. The van der Waals surface area contributed by atoms with Gasteiger partial charge in [-0.25, -0.2) is 0 Å². The van der Waals surface area contributed by atoms with E-state index in [9.17, 15) is 5.11 Å². The molecule has 2 N–H and O–H groups in total. The van der Waals surface area contributed by atoms with E-state index in [1.807, 2.05) is 19.1 Å². The molecule has 0 aromatic heterocycles. The molecule has 3 heteroatoms. The van der Waals surface area contributed by atoms with Gasteiger partial charge in [0.1, 0.15) is 31.5 Å². The third kappa shape index (κ3) is 4.12. The van der Waals surface area contributed by atoms with E-state index in [0.29, 0.717) is 6.61 Å². The number of aliphatic hydroxyl groups excluding tert-OH is 1. The zero-order chi connectivity index (χ0) is 16.2. The van der Waals surface area contributed by atoms with Gasteiger partial charge in [0.15, 0.2) is 0 Å². The Morgan fingerprint density at radius 1 is 1.13 bits per heavy atom. The normalized spacial score (nSPS) is 18.3. The predicted octanol–water partition coefficient (Wildman–Crippen LogP) is 1.68. The van der Waals surface area contributed by atoms with Gasteiger partial charge in [-0.3, -0.25) is 0 Å². The first-order chi connectivity index (χ1) is 11.1. The van der Waals surface area contributed by atoms with Gasteiger partial charge in [0.2, 0.25) is 0 Å². The first-order valence-electron chi connectivity index (χ1n) is 8.40. The number of nitrogens with one attached hydrogen (secondary N) is 1. The minimum atomic E-state index is -0.434. The number of aliphatic hydroxyl groups is 1. The van der Waals surface area contributed by atoms with Crippen molar-refractivity contribution in [2.24, 2.45) is 0 Å². The monoisotopic (exact) mass is 312 g/mol. The molecular weight excluding hydrogens is 286 g/mol. The van der Waals surface area contributed by atoms with Gasteiger partial charge in [-0.2, -0.15) is 0 Å². The number of hydrogen-bond donors (Lipinski definition) is 2. The molecule has 1 aliphatic rings. The average Bonchev–Trinajstić information content (AvgIpc) is 2.54. The summed E-state index contributed by atoms with van der Waals surface area (Å²) in [7, 11) is 0. The van der Waals surface area contributed by atoms with Crippen LogP contribution >= 0.6 is 0 Å². The highest BCUT2D eigenvalue weighted by Gasteiger charge is 2.22. The Bertz CT molecular complexity index is 668. The molecule has 0 aliphatic carbocycles. The van der Waals surface area contributed by atoms with E-state index in [-0.39, 0.29) is 0 Å². The summed E-state index contributed by atoms with van der Waals surface area (Å²) >= 11 is 0. The number of rotatable bonds is 5. The lowest BCUT2D eigenvalue weighted by atomic mass is 10.00. The highest BCUT2D eigenvalue weighted by molar-refractivity contribution is 5.35. The van der Waals surface area contributed by atoms with Gasteiger partial charge >= 0.3 is 0 Å². The maximum atomic E-state index is 10.3. The minimum Gasteiger partial charge on any atom is -0.490 e. The highest BCUT2D eigenvalue weighted by Crippen LogP contribution is 2.18. The van der Waals surface area contributed by atoms with E-state index < -0.39 is 6.10 Å². The second kappa shape index (κ2) is 7.16. The maximum absolute atomic E-state index is 10.3. The van der Waals surface area contributed by atoms with E-state index in [2.05, 4.69) is 37.3 Å². The van der Waals surface area contributed by atoms with E-state index in [1.54, 1.807) is 0 Å². The number of benzene rings is 2. The lowest BCUT2D eigenvalue weighted by Crippen LogP contribution is -3.13. The summed E-state index contributed by atoms with van der Waals surface area (Å²) in [6, 6.07) is 14.8. The predicted molar refractivity (Wildman–Crippen MR) is 92.0 cm³/mol. The third-order valence-electron chi connectivity index (χ3n) is 4.59. The number of quaternary nitrogens is 1. The quantitative estimate of drug-likeness (QED) is 0.881. The van der Waals surface area contributed by atoms with Crippen molar-refractivity contribution in [2.75, 3.05) is 19.7 Å². The van der Waals surface area contributed by atoms with Gasteiger partial charge in [0, 0.05) is 12.0 Å². The first kappa shape index (κ1) is 16.0. The van der Waals surface area contributed by atoms with Crippen molar-refractivity contribution in [1.82, 2.24) is 0 Å². The SMILES string of the molecule is Cc1ccc(OCC(O)C[NH+]2CCc3ccccc3C2)c(C)c1. The molecule has 23 heavy (non-hydrogen) atoms. The second-order valence-electron chi connectivity index (χ2n) is 6.63. The summed E-state index contributed by atoms with van der Waals surface area (Å²) in [4.78, 5) is 1.43. The highest BCUT2D eigenvalue weighted by atomic mass is 16.5. The van der Waals surface area contributed by atoms with Gasteiger partial charge in [-0.05, 0) is 31.0 Å². The summed E-state index contributed by atoms with van der Waals surface area (Å²) in [6.07, 6.45) is 0.659. The Hall–Kier alpha value is -1.84.